The Morgan fingerprint density at radius 2 is 1.95 bits per heavy atom. The highest BCUT2D eigenvalue weighted by molar-refractivity contribution is 7.80. The number of amidine groups is 1. The van der Waals surface area contributed by atoms with E-state index in [-0.39, 0.29) is 12.5 Å². The van der Waals surface area contributed by atoms with Crippen LogP contribution in [-0.4, -0.2) is 48.6 Å². The molecule has 0 saturated carbocycles. The van der Waals surface area contributed by atoms with Crippen molar-refractivity contribution < 1.29 is 9.53 Å². The molecule has 6 heteroatoms. The van der Waals surface area contributed by atoms with Crippen LogP contribution in [0.1, 0.15) is 24.8 Å². The van der Waals surface area contributed by atoms with Crippen molar-refractivity contribution in [3.8, 4) is 0 Å². The van der Waals surface area contributed by atoms with E-state index in [4.69, 9.17) is 12.2 Å². The van der Waals surface area contributed by atoms with Crippen LogP contribution >= 0.6 is 12.2 Å². The van der Waals surface area contributed by atoms with Crippen LogP contribution in [0.15, 0.2) is 35.3 Å². The monoisotopic (exact) mass is 319 g/mol. The van der Waals surface area contributed by atoms with Crippen LogP contribution in [0.25, 0.3) is 0 Å². The molecule has 0 bridgehead atoms. The summed E-state index contributed by atoms with van der Waals surface area (Å²) in [6.45, 7) is 1.89. The zero-order valence-corrected chi connectivity index (χ0v) is 13.6. The van der Waals surface area contributed by atoms with E-state index in [1.165, 1.54) is 13.5 Å². The summed E-state index contributed by atoms with van der Waals surface area (Å²) in [6, 6.07) is 9.65. The lowest BCUT2D eigenvalue weighted by Crippen LogP contribution is -2.45. The van der Waals surface area contributed by atoms with Gasteiger partial charge in [-0.25, -0.2) is 0 Å². The molecule has 1 aromatic rings. The van der Waals surface area contributed by atoms with Gasteiger partial charge in [0, 0.05) is 18.7 Å². The predicted octanol–water partition coefficient (Wildman–Crippen LogP) is 1.97. The van der Waals surface area contributed by atoms with Gasteiger partial charge < -0.3 is 15.0 Å². The second-order valence-electron chi connectivity index (χ2n) is 5.08. The number of hydrogen-bond acceptors (Lipinski definition) is 4. The molecule has 1 aliphatic heterocycles. The van der Waals surface area contributed by atoms with E-state index in [1.54, 1.807) is 0 Å². The molecule has 1 N–H and O–H groups in total. The average Bonchev–Trinajstić information content (AvgIpc) is 2.59. The van der Waals surface area contributed by atoms with Gasteiger partial charge in [0.2, 0.25) is 0 Å². The van der Waals surface area contributed by atoms with E-state index in [9.17, 15) is 4.79 Å². The van der Waals surface area contributed by atoms with E-state index in [0.717, 1.165) is 31.5 Å². The topological polar surface area (TPSA) is 53.9 Å². The molecule has 1 aliphatic rings. The minimum Gasteiger partial charge on any atom is -0.468 e. The maximum Gasteiger partial charge on any atom is 0.327 e. The molecule has 0 atom stereocenters. The van der Waals surface area contributed by atoms with E-state index in [0.29, 0.717) is 10.9 Å². The largest absolute Gasteiger partial charge is 0.468 e. The van der Waals surface area contributed by atoms with Crippen molar-refractivity contribution in [2.45, 2.75) is 19.3 Å². The van der Waals surface area contributed by atoms with E-state index >= 15 is 0 Å². The summed E-state index contributed by atoms with van der Waals surface area (Å²) < 4.78 is 4.64. The minimum absolute atomic E-state index is 0.0314. The SMILES string of the molecule is COC(=O)CN=C(NC(=S)N1CCCCC1)c1ccccc1. The lowest BCUT2D eigenvalue weighted by molar-refractivity contribution is -0.138. The van der Waals surface area contributed by atoms with Gasteiger partial charge in [0.25, 0.3) is 0 Å². The number of thiocarbonyl (C=S) groups is 1. The maximum atomic E-state index is 11.3. The molecule has 0 aromatic heterocycles. The van der Waals surface area contributed by atoms with Gasteiger partial charge in [-0.15, -0.1) is 0 Å². The first kappa shape index (κ1) is 16.4. The summed E-state index contributed by atoms with van der Waals surface area (Å²) in [6.07, 6.45) is 3.56. The Bertz CT molecular complexity index is 540. The Balaban J connectivity index is 2.10. The number of esters is 1. The quantitative estimate of drug-likeness (QED) is 0.399. The molecule has 1 saturated heterocycles. The highest BCUT2D eigenvalue weighted by Crippen LogP contribution is 2.09. The molecular weight excluding hydrogens is 298 g/mol. The summed E-state index contributed by atoms with van der Waals surface area (Å²) in [4.78, 5) is 17.8. The van der Waals surface area contributed by atoms with Crippen LogP contribution in [0.3, 0.4) is 0 Å². The Labute approximate surface area is 136 Å². The number of aliphatic imine (C=N–C) groups is 1. The number of carbonyl (C=O) groups excluding carboxylic acids is 1. The smallest absolute Gasteiger partial charge is 0.327 e. The highest BCUT2D eigenvalue weighted by atomic mass is 32.1. The highest BCUT2D eigenvalue weighted by Gasteiger charge is 2.15. The molecule has 1 aromatic carbocycles. The normalized spacial score (nSPS) is 15.3. The van der Waals surface area contributed by atoms with E-state index in [1.807, 2.05) is 30.3 Å². The lowest BCUT2D eigenvalue weighted by Gasteiger charge is -2.29. The Morgan fingerprint density at radius 3 is 2.59 bits per heavy atom. The molecule has 1 heterocycles. The molecule has 0 spiro atoms. The van der Waals surface area contributed by atoms with Crippen LogP contribution < -0.4 is 5.32 Å². The van der Waals surface area contributed by atoms with Crippen LogP contribution in [0.5, 0.6) is 0 Å². The second-order valence-corrected chi connectivity index (χ2v) is 5.47. The van der Waals surface area contributed by atoms with Crippen LogP contribution in [0.4, 0.5) is 0 Å². The number of nitrogens with zero attached hydrogens (tertiary/aromatic N) is 2. The number of methoxy groups -OCH3 is 1. The van der Waals surface area contributed by atoms with E-state index in [2.05, 4.69) is 19.9 Å². The molecule has 22 heavy (non-hydrogen) atoms. The van der Waals surface area contributed by atoms with Crippen molar-refractivity contribution >= 4 is 29.1 Å². The Kier molecular flexibility index (Phi) is 6.33. The summed E-state index contributed by atoms with van der Waals surface area (Å²) in [5, 5.41) is 3.84. The molecular formula is C16H21N3O2S. The maximum absolute atomic E-state index is 11.3. The average molecular weight is 319 g/mol. The first-order valence-corrected chi connectivity index (χ1v) is 7.84. The van der Waals surface area contributed by atoms with Gasteiger partial charge in [-0.1, -0.05) is 30.3 Å². The predicted molar refractivity (Wildman–Crippen MR) is 91.0 cm³/mol. The van der Waals surface area contributed by atoms with Crippen LogP contribution in [-0.2, 0) is 9.53 Å². The van der Waals surface area contributed by atoms with Crippen molar-refractivity contribution in [2.75, 3.05) is 26.7 Å². The summed E-state index contributed by atoms with van der Waals surface area (Å²) >= 11 is 5.48. The van der Waals surface area contributed by atoms with Gasteiger partial charge in [-0.3, -0.25) is 9.79 Å². The molecule has 0 unspecified atom stereocenters. The number of ether oxygens (including phenoxy) is 1. The number of carbonyl (C=O) groups is 1. The van der Waals surface area contributed by atoms with Crippen molar-refractivity contribution in [3.05, 3.63) is 35.9 Å². The second kappa shape index (κ2) is 8.48. The summed E-state index contributed by atoms with van der Waals surface area (Å²) in [5.74, 6) is 0.223. The van der Waals surface area contributed by atoms with Crippen molar-refractivity contribution in [1.29, 1.82) is 0 Å². The van der Waals surface area contributed by atoms with Crippen molar-refractivity contribution in [3.63, 3.8) is 0 Å². The molecule has 0 aliphatic carbocycles. The first-order chi connectivity index (χ1) is 10.7. The molecule has 118 valence electrons. The van der Waals surface area contributed by atoms with Gasteiger partial charge in [0.1, 0.15) is 12.4 Å². The van der Waals surface area contributed by atoms with Gasteiger partial charge in [-0.05, 0) is 31.5 Å². The number of nitrogens with one attached hydrogen (secondary N) is 1. The van der Waals surface area contributed by atoms with Crippen LogP contribution in [0, 0.1) is 0 Å². The van der Waals surface area contributed by atoms with Gasteiger partial charge >= 0.3 is 5.97 Å². The van der Waals surface area contributed by atoms with Gasteiger partial charge in [0.05, 0.1) is 7.11 Å². The molecule has 2 rings (SSSR count). The summed E-state index contributed by atoms with van der Waals surface area (Å²) in [7, 11) is 1.35. The molecule has 0 radical (unpaired) electrons. The number of rotatable bonds is 3. The number of hydrogen-bond donors (Lipinski definition) is 1. The summed E-state index contributed by atoms with van der Waals surface area (Å²) in [5.41, 5.74) is 0.894. The first-order valence-electron chi connectivity index (χ1n) is 7.43. The fourth-order valence-electron chi connectivity index (χ4n) is 2.28. The minimum atomic E-state index is -0.376. The van der Waals surface area contributed by atoms with Gasteiger partial charge in [-0.2, -0.15) is 0 Å². The standard InChI is InChI=1S/C16H21N3O2S/c1-21-14(20)12-17-15(13-8-4-2-5-9-13)18-16(22)19-10-6-3-7-11-19/h2,4-5,8-9H,3,6-7,10-12H2,1H3,(H,17,18,22). The Hall–Kier alpha value is -1.95. The number of piperidine rings is 1. The zero-order chi connectivity index (χ0) is 15.8. The third-order valence-electron chi connectivity index (χ3n) is 3.51. The van der Waals surface area contributed by atoms with E-state index < -0.39 is 0 Å². The van der Waals surface area contributed by atoms with Crippen molar-refractivity contribution in [1.82, 2.24) is 10.2 Å². The Morgan fingerprint density at radius 1 is 1.27 bits per heavy atom. The fraction of sp³-hybridized carbons (Fsp3) is 0.438. The molecule has 0 amide bonds. The molecule has 1 fully saturated rings. The fourth-order valence-corrected chi connectivity index (χ4v) is 2.56. The third kappa shape index (κ3) is 4.80. The van der Waals surface area contributed by atoms with Gasteiger partial charge in [0.15, 0.2) is 5.11 Å². The third-order valence-corrected chi connectivity index (χ3v) is 3.87. The zero-order valence-electron chi connectivity index (χ0n) is 12.7. The van der Waals surface area contributed by atoms with Crippen molar-refractivity contribution in [2.24, 2.45) is 4.99 Å². The molecule has 5 nitrogen and oxygen atoms in total. The lowest BCUT2D eigenvalue weighted by atomic mass is 10.1. The number of likely N-dealkylation sites (tertiary alicyclic amines) is 1. The van der Waals surface area contributed by atoms with Crippen LogP contribution in [0.2, 0.25) is 0 Å². The number of benzene rings is 1.